The number of hydrogen-bond donors (Lipinski definition) is 1. The van der Waals surface area contributed by atoms with Crippen molar-refractivity contribution in [3.8, 4) is 0 Å². The summed E-state index contributed by atoms with van der Waals surface area (Å²) in [5.74, 6) is 0.423. The Bertz CT molecular complexity index is 305. The Hall–Kier alpha value is -0.130. The number of aliphatic hydroxyl groups excluding tert-OH is 1. The van der Waals surface area contributed by atoms with Crippen LogP contribution in [0.1, 0.15) is 12.8 Å². The minimum Gasteiger partial charge on any atom is -0.396 e. The van der Waals surface area contributed by atoms with E-state index < -0.39 is 0 Å². The van der Waals surface area contributed by atoms with Crippen LogP contribution in [0.2, 0.25) is 0 Å². The van der Waals surface area contributed by atoms with E-state index in [9.17, 15) is 0 Å². The van der Waals surface area contributed by atoms with Gasteiger partial charge in [-0.2, -0.15) is 0 Å². The lowest BCUT2D eigenvalue weighted by Crippen LogP contribution is -2.36. The highest BCUT2D eigenvalue weighted by molar-refractivity contribution is 9.11. The number of anilines is 1. The first kappa shape index (κ1) is 10.4. The van der Waals surface area contributed by atoms with Gasteiger partial charge in [0.15, 0.2) is 5.13 Å². The first-order valence-corrected chi connectivity index (χ1v) is 6.37. The fourth-order valence-electron chi connectivity index (χ4n) is 1.78. The number of aromatic nitrogens is 1. The summed E-state index contributed by atoms with van der Waals surface area (Å²) in [4.78, 5) is 6.59. The van der Waals surface area contributed by atoms with Gasteiger partial charge in [-0.25, -0.2) is 4.98 Å². The molecule has 1 aromatic heterocycles. The summed E-state index contributed by atoms with van der Waals surface area (Å²) in [6, 6.07) is 0. The SMILES string of the molecule is OCC1CCCN(c2ncc(Br)s2)C1. The number of rotatable bonds is 2. The van der Waals surface area contributed by atoms with E-state index >= 15 is 0 Å². The highest BCUT2D eigenvalue weighted by Crippen LogP contribution is 2.29. The largest absolute Gasteiger partial charge is 0.396 e. The Morgan fingerprint density at radius 2 is 2.57 bits per heavy atom. The van der Waals surface area contributed by atoms with Gasteiger partial charge in [-0.15, -0.1) is 0 Å². The smallest absolute Gasteiger partial charge is 0.186 e. The van der Waals surface area contributed by atoms with Crippen LogP contribution >= 0.6 is 27.3 Å². The second-order valence-corrected chi connectivity index (χ2v) is 5.97. The van der Waals surface area contributed by atoms with Crippen molar-refractivity contribution in [1.29, 1.82) is 0 Å². The summed E-state index contributed by atoms with van der Waals surface area (Å²) >= 11 is 5.07. The van der Waals surface area contributed by atoms with Crippen molar-refractivity contribution in [2.24, 2.45) is 5.92 Å². The molecule has 1 N–H and O–H groups in total. The van der Waals surface area contributed by atoms with Gasteiger partial charge in [0.2, 0.25) is 0 Å². The Balaban J connectivity index is 2.04. The molecular formula is C9H13BrN2OS. The van der Waals surface area contributed by atoms with E-state index in [1.165, 1.54) is 0 Å². The van der Waals surface area contributed by atoms with Gasteiger partial charge in [-0.1, -0.05) is 11.3 Å². The minimum atomic E-state index is 0.295. The topological polar surface area (TPSA) is 36.4 Å². The molecule has 2 rings (SSSR count). The molecule has 0 saturated carbocycles. The summed E-state index contributed by atoms with van der Waals surface area (Å²) in [5.41, 5.74) is 0. The fraction of sp³-hybridized carbons (Fsp3) is 0.667. The van der Waals surface area contributed by atoms with Gasteiger partial charge in [0.05, 0.1) is 9.98 Å². The molecule has 0 spiro atoms. The summed E-state index contributed by atoms with van der Waals surface area (Å²) in [5, 5.41) is 10.2. The van der Waals surface area contributed by atoms with Crippen LogP contribution in [0.25, 0.3) is 0 Å². The van der Waals surface area contributed by atoms with E-state index in [2.05, 4.69) is 25.8 Å². The first-order valence-electron chi connectivity index (χ1n) is 4.76. The molecule has 0 bridgehead atoms. The van der Waals surface area contributed by atoms with Gasteiger partial charge in [-0.05, 0) is 34.7 Å². The molecular weight excluding hydrogens is 264 g/mol. The molecule has 0 aliphatic carbocycles. The second-order valence-electron chi connectivity index (χ2n) is 3.58. The molecule has 1 aromatic rings. The molecule has 0 amide bonds. The molecule has 5 heteroatoms. The number of halogens is 1. The predicted octanol–water partition coefficient (Wildman–Crippen LogP) is 2.11. The third-order valence-corrected chi connectivity index (χ3v) is 4.05. The van der Waals surface area contributed by atoms with Crippen LogP contribution in [0.15, 0.2) is 9.98 Å². The number of thiazole rings is 1. The van der Waals surface area contributed by atoms with Crippen molar-refractivity contribution in [1.82, 2.24) is 4.98 Å². The second kappa shape index (κ2) is 4.59. The number of aliphatic hydroxyl groups is 1. The maximum Gasteiger partial charge on any atom is 0.186 e. The molecule has 1 aliphatic heterocycles. The summed E-state index contributed by atoms with van der Waals surface area (Å²) in [7, 11) is 0. The Labute approximate surface area is 95.9 Å². The van der Waals surface area contributed by atoms with Crippen molar-refractivity contribution in [2.75, 3.05) is 24.6 Å². The first-order chi connectivity index (χ1) is 6.79. The Morgan fingerprint density at radius 3 is 3.21 bits per heavy atom. The van der Waals surface area contributed by atoms with Crippen LogP contribution in [-0.2, 0) is 0 Å². The fourth-order valence-corrected chi connectivity index (χ4v) is 3.00. The predicted molar refractivity (Wildman–Crippen MR) is 61.8 cm³/mol. The zero-order valence-electron chi connectivity index (χ0n) is 7.82. The molecule has 0 radical (unpaired) electrons. The van der Waals surface area contributed by atoms with Crippen molar-refractivity contribution in [2.45, 2.75) is 12.8 Å². The van der Waals surface area contributed by atoms with Gasteiger partial charge in [-0.3, -0.25) is 0 Å². The number of piperidine rings is 1. The molecule has 3 nitrogen and oxygen atoms in total. The van der Waals surface area contributed by atoms with Crippen molar-refractivity contribution >= 4 is 32.4 Å². The van der Waals surface area contributed by atoms with Gasteiger partial charge >= 0.3 is 0 Å². The van der Waals surface area contributed by atoms with E-state index in [1.807, 2.05) is 6.20 Å². The average Bonchev–Trinajstić information content (AvgIpc) is 2.65. The van der Waals surface area contributed by atoms with Crippen LogP contribution in [0.4, 0.5) is 5.13 Å². The van der Waals surface area contributed by atoms with E-state index in [4.69, 9.17) is 5.11 Å². The van der Waals surface area contributed by atoms with Crippen molar-refractivity contribution in [3.63, 3.8) is 0 Å². The number of nitrogens with zero attached hydrogens (tertiary/aromatic N) is 2. The summed E-state index contributed by atoms with van der Waals surface area (Å²) < 4.78 is 1.07. The van der Waals surface area contributed by atoms with Gasteiger partial charge < -0.3 is 10.0 Å². The Kier molecular flexibility index (Phi) is 3.41. The highest BCUT2D eigenvalue weighted by Gasteiger charge is 2.21. The lowest BCUT2D eigenvalue weighted by molar-refractivity contribution is 0.208. The normalized spacial score (nSPS) is 22.7. The Morgan fingerprint density at radius 1 is 1.71 bits per heavy atom. The van der Waals surface area contributed by atoms with E-state index in [-0.39, 0.29) is 0 Å². The summed E-state index contributed by atoms with van der Waals surface area (Å²) in [6.07, 6.45) is 4.13. The van der Waals surface area contributed by atoms with Gasteiger partial charge in [0, 0.05) is 19.7 Å². The van der Waals surface area contributed by atoms with Crippen molar-refractivity contribution < 1.29 is 5.11 Å². The third-order valence-electron chi connectivity index (χ3n) is 2.51. The standard InChI is InChI=1S/C9H13BrN2OS/c10-8-4-11-9(14-8)12-3-1-2-7(5-12)6-13/h4,7,13H,1-3,5-6H2. The lowest BCUT2D eigenvalue weighted by Gasteiger charge is -2.31. The minimum absolute atomic E-state index is 0.295. The molecule has 1 saturated heterocycles. The zero-order chi connectivity index (χ0) is 9.97. The highest BCUT2D eigenvalue weighted by atomic mass is 79.9. The van der Waals surface area contributed by atoms with Crippen LogP contribution in [0.3, 0.4) is 0 Å². The van der Waals surface area contributed by atoms with Crippen LogP contribution in [0, 0.1) is 5.92 Å². The summed E-state index contributed by atoms with van der Waals surface area (Å²) in [6.45, 7) is 2.30. The third kappa shape index (κ3) is 2.27. The van der Waals surface area contributed by atoms with Crippen LogP contribution < -0.4 is 4.90 Å². The molecule has 0 aromatic carbocycles. The number of hydrogen-bond acceptors (Lipinski definition) is 4. The van der Waals surface area contributed by atoms with E-state index in [1.54, 1.807) is 11.3 Å². The van der Waals surface area contributed by atoms with Gasteiger partial charge in [0.25, 0.3) is 0 Å². The molecule has 1 fully saturated rings. The zero-order valence-corrected chi connectivity index (χ0v) is 10.2. The molecule has 1 atom stereocenters. The van der Waals surface area contributed by atoms with Crippen molar-refractivity contribution in [3.05, 3.63) is 9.98 Å². The molecule has 78 valence electrons. The molecule has 2 heterocycles. The average molecular weight is 277 g/mol. The van der Waals surface area contributed by atoms with Crippen LogP contribution in [0.5, 0.6) is 0 Å². The van der Waals surface area contributed by atoms with E-state index in [0.717, 1.165) is 34.8 Å². The quantitative estimate of drug-likeness (QED) is 0.899. The van der Waals surface area contributed by atoms with Gasteiger partial charge in [0.1, 0.15) is 0 Å². The van der Waals surface area contributed by atoms with E-state index in [0.29, 0.717) is 12.5 Å². The monoisotopic (exact) mass is 276 g/mol. The maximum atomic E-state index is 9.11. The maximum absolute atomic E-state index is 9.11. The molecule has 1 aliphatic rings. The molecule has 14 heavy (non-hydrogen) atoms. The van der Waals surface area contributed by atoms with Crippen LogP contribution in [-0.4, -0.2) is 29.8 Å². The molecule has 1 unspecified atom stereocenters. The lowest BCUT2D eigenvalue weighted by atomic mass is 10.00.